The molecule has 0 saturated heterocycles. The van der Waals surface area contributed by atoms with Crippen molar-refractivity contribution in [2.24, 2.45) is 10.8 Å². The van der Waals surface area contributed by atoms with Crippen molar-refractivity contribution in [3.05, 3.63) is 23.6 Å². The molecule has 0 amide bonds. The third-order valence-electron chi connectivity index (χ3n) is 2.02. The van der Waals surface area contributed by atoms with Crippen LogP contribution in [0.4, 0.5) is 5.69 Å². The summed E-state index contributed by atoms with van der Waals surface area (Å²) in [6.45, 7) is 0. The molecular formula is C10H8N6S. The molecular weight excluding hydrogens is 236 g/mol. The van der Waals surface area contributed by atoms with Crippen molar-refractivity contribution < 1.29 is 0 Å². The zero-order chi connectivity index (χ0) is 12.3. The van der Waals surface area contributed by atoms with Gasteiger partial charge in [-0.25, -0.2) is 0 Å². The Bertz CT molecular complexity index is 636. The van der Waals surface area contributed by atoms with Gasteiger partial charge in [-0.2, -0.15) is 14.7 Å². The first kappa shape index (κ1) is 11.0. The maximum absolute atomic E-state index is 8.66. The Balaban J connectivity index is 2.24. The first-order chi connectivity index (χ1) is 8.20. The highest BCUT2D eigenvalue weighted by molar-refractivity contribution is 7.04. The average molecular weight is 244 g/mol. The molecule has 84 valence electrons. The molecule has 0 spiro atoms. The van der Waals surface area contributed by atoms with Crippen LogP contribution < -0.4 is 11.2 Å². The number of nitrogens with two attached hydrogens (primary N) is 1. The van der Waals surface area contributed by atoms with Crippen molar-refractivity contribution in [2.75, 3.05) is 5.43 Å². The Morgan fingerprint density at radius 1 is 1.59 bits per heavy atom. The molecule has 2 rings (SSSR count). The van der Waals surface area contributed by atoms with Gasteiger partial charge in [0.2, 0.25) is 5.71 Å². The van der Waals surface area contributed by atoms with E-state index in [0.29, 0.717) is 5.69 Å². The Labute approximate surface area is 101 Å². The number of anilines is 1. The van der Waals surface area contributed by atoms with E-state index in [-0.39, 0.29) is 11.5 Å². The number of benzene rings is 1. The average Bonchev–Trinajstić information content (AvgIpc) is 2.76. The van der Waals surface area contributed by atoms with Gasteiger partial charge in [0.25, 0.3) is 0 Å². The van der Waals surface area contributed by atoms with Gasteiger partial charge in [-0.05, 0) is 29.7 Å². The van der Waals surface area contributed by atoms with E-state index in [1.807, 2.05) is 17.5 Å². The van der Waals surface area contributed by atoms with Crippen LogP contribution in [0.25, 0.3) is 10.9 Å². The van der Waals surface area contributed by atoms with Crippen molar-refractivity contribution >= 4 is 39.7 Å². The number of nitrogens with zero attached hydrogens (tertiary/aromatic N) is 3. The van der Waals surface area contributed by atoms with E-state index in [4.69, 9.17) is 16.4 Å². The molecule has 0 saturated carbocycles. The maximum Gasteiger partial charge on any atom is 0.201 e. The minimum atomic E-state index is -0.363. The van der Waals surface area contributed by atoms with Crippen molar-refractivity contribution in [2.45, 2.75) is 0 Å². The minimum absolute atomic E-state index is 0.145. The number of hydrogen-bond acceptors (Lipinski definition) is 6. The fourth-order valence-corrected chi connectivity index (χ4v) is 1.84. The second-order valence-electron chi connectivity index (χ2n) is 3.19. The monoisotopic (exact) mass is 244 g/mol. The van der Waals surface area contributed by atoms with E-state index in [1.54, 1.807) is 12.1 Å². The summed E-state index contributed by atoms with van der Waals surface area (Å²) in [7, 11) is 0. The van der Waals surface area contributed by atoms with Crippen molar-refractivity contribution in [1.29, 1.82) is 10.7 Å². The van der Waals surface area contributed by atoms with Gasteiger partial charge >= 0.3 is 0 Å². The van der Waals surface area contributed by atoms with Crippen LogP contribution in [-0.4, -0.2) is 15.9 Å². The molecule has 1 aromatic carbocycles. The predicted molar refractivity (Wildman–Crippen MR) is 68.2 cm³/mol. The summed E-state index contributed by atoms with van der Waals surface area (Å²) >= 11 is 1.38. The molecule has 6 nitrogen and oxygen atoms in total. The van der Waals surface area contributed by atoms with Crippen molar-refractivity contribution in [3.63, 3.8) is 0 Å². The second kappa shape index (κ2) is 4.59. The molecule has 0 fully saturated rings. The lowest BCUT2D eigenvalue weighted by molar-refractivity contribution is 1.34. The Morgan fingerprint density at radius 2 is 2.41 bits per heavy atom. The first-order valence-electron chi connectivity index (χ1n) is 4.63. The quantitative estimate of drug-likeness (QED) is 0.431. The minimum Gasteiger partial charge on any atom is -0.382 e. The van der Waals surface area contributed by atoms with Crippen LogP contribution in [0.2, 0.25) is 0 Å². The van der Waals surface area contributed by atoms with Crippen LogP contribution in [-0.2, 0) is 0 Å². The number of hydrazone groups is 1. The van der Waals surface area contributed by atoms with Gasteiger partial charge < -0.3 is 5.73 Å². The third-order valence-corrected chi connectivity index (χ3v) is 2.68. The zero-order valence-electron chi connectivity index (χ0n) is 8.64. The summed E-state index contributed by atoms with van der Waals surface area (Å²) in [5.74, 6) is -0.363. The molecule has 0 aliphatic heterocycles. The highest BCUT2D eigenvalue weighted by Crippen LogP contribution is 2.19. The molecule has 0 radical (unpaired) electrons. The second-order valence-corrected chi connectivity index (χ2v) is 3.81. The standard InChI is InChI=1S/C10H8N6S/c11-4-9(10(12)13)15-14-7-1-2-8-6(3-7)5-17-16-8/h1-3,5,14H,(H3,12,13)/b15-9+. The first-order valence-corrected chi connectivity index (χ1v) is 5.46. The van der Waals surface area contributed by atoms with Gasteiger partial charge in [-0.15, -0.1) is 0 Å². The van der Waals surface area contributed by atoms with Gasteiger partial charge in [-0.1, -0.05) is 0 Å². The molecule has 0 aliphatic rings. The van der Waals surface area contributed by atoms with Crippen LogP contribution in [0.1, 0.15) is 0 Å². The SMILES string of the molecule is N#C/C(=N\Nc1ccc2nscc2c1)C(=N)N. The molecule has 2 aromatic rings. The number of fused-ring (bicyclic) bond motifs is 1. The van der Waals surface area contributed by atoms with Crippen LogP contribution in [0.5, 0.6) is 0 Å². The lowest BCUT2D eigenvalue weighted by Gasteiger charge is -2.00. The van der Waals surface area contributed by atoms with Crippen molar-refractivity contribution in [1.82, 2.24) is 4.37 Å². The number of nitriles is 1. The molecule has 0 unspecified atom stereocenters. The van der Waals surface area contributed by atoms with Gasteiger partial charge in [0.05, 0.1) is 11.2 Å². The van der Waals surface area contributed by atoms with E-state index in [2.05, 4.69) is 14.9 Å². The number of nitrogens with one attached hydrogen (secondary N) is 2. The highest BCUT2D eigenvalue weighted by atomic mass is 32.1. The fraction of sp³-hybridized carbons (Fsp3) is 0. The van der Waals surface area contributed by atoms with Crippen LogP contribution in [0, 0.1) is 16.7 Å². The van der Waals surface area contributed by atoms with E-state index >= 15 is 0 Å². The third kappa shape index (κ3) is 2.38. The van der Waals surface area contributed by atoms with Gasteiger partial charge in [0.15, 0.2) is 5.84 Å². The van der Waals surface area contributed by atoms with Crippen molar-refractivity contribution in [3.8, 4) is 6.07 Å². The molecule has 0 aliphatic carbocycles. The Morgan fingerprint density at radius 3 is 3.12 bits per heavy atom. The van der Waals surface area contributed by atoms with E-state index < -0.39 is 0 Å². The van der Waals surface area contributed by atoms with Crippen LogP contribution >= 0.6 is 11.5 Å². The summed E-state index contributed by atoms with van der Waals surface area (Å²) < 4.78 is 4.17. The molecule has 1 heterocycles. The van der Waals surface area contributed by atoms with Gasteiger partial charge in [-0.3, -0.25) is 10.8 Å². The van der Waals surface area contributed by atoms with E-state index in [9.17, 15) is 0 Å². The van der Waals surface area contributed by atoms with Gasteiger partial charge in [0.1, 0.15) is 6.07 Å². The van der Waals surface area contributed by atoms with Crippen LogP contribution in [0.15, 0.2) is 28.7 Å². The summed E-state index contributed by atoms with van der Waals surface area (Å²) in [6, 6.07) is 7.23. The Hall–Kier alpha value is -2.46. The van der Waals surface area contributed by atoms with E-state index in [0.717, 1.165) is 10.9 Å². The largest absolute Gasteiger partial charge is 0.382 e. The summed E-state index contributed by atoms with van der Waals surface area (Å²) in [6.07, 6.45) is 0. The zero-order valence-corrected chi connectivity index (χ0v) is 9.45. The highest BCUT2D eigenvalue weighted by Gasteiger charge is 2.01. The predicted octanol–water partition coefficient (Wildman–Crippen LogP) is 1.52. The lowest BCUT2D eigenvalue weighted by Crippen LogP contribution is -2.21. The number of aromatic nitrogens is 1. The summed E-state index contributed by atoms with van der Waals surface area (Å²) in [5.41, 5.74) is 9.33. The Kier molecular flexibility index (Phi) is 2.98. The molecule has 1 aromatic heterocycles. The van der Waals surface area contributed by atoms with Crippen LogP contribution in [0.3, 0.4) is 0 Å². The molecule has 0 atom stereocenters. The summed E-state index contributed by atoms with van der Waals surface area (Å²) in [4.78, 5) is 0. The summed E-state index contributed by atoms with van der Waals surface area (Å²) in [5, 5.41) is 22.4. The normalized spacial score (nSPS) is 11.1. The topological polar surface area (TPSA) is 111 Å². The fourth-order valence-electron chi connectivity index (χ4n) is 1.21. The molecule has 0 bridgehead atoms. The number of rotatable bonds is 3. The maximum atomic E-state index is 8.66. The number of hydrogen-bond donors (Lipinski definition) is 3. The molecule has 17 heavy (non-hydrogen) atoms. The van der Waals surface area contributed by atoms with Gasteiger partial charge in [0, 0.05) is 10.8 Å². The smallest absolute Gasteiger partial charge is 0.201 e. The lowest BCUT2D eigenvalue weighted by atomic mass is 10.2. The molecule has 4 N–H and O–H groups in total. The van der Waals surface area contributed by atoms with E-state index in [1.165, 1.54) is 11.5 Å². The molecule has 7 heteroatoms. The number of amidine groups is 1.